The van der Waals surface area contributed by atoms with Gasteiger partial charge in [0, 0.05) is 0 Å². The minimum absolute atomic E-state index is 0.0948. The molecule has 2 aromatic carbocycles. The molecule has 2 aromatic rings. The molecule has 22 heavy (non-hydrogen) atoms. The highest BCUT2D eigenvalue weighted by Crippen LogP contribution is 2.18. The quantitative estimate of drug-likeness (QED) is 0.733. The lowest BCUT2D eigenvalue weighted by Crippen LogP contribution is -2.18. The Kier molecular flexibility index (Phi) is 5.83. The van der Waals surface area contributed by atoms with Crippen molar-refractivity contribution in [2.45, 2.75) is 26.6 Å². The first-order chi connectivity index (χ1) is 10.6. The summed E-state index contributed by atoms with van der Waals surface area (Å²) < 4.78 is 16.0. The number of rotatable bonds is 7. The monoisotopic (exact) mass is 300 g/mol. The summed E-state index contributed by atoms with van der Waals surface area (Å²) in [5.41, 5.74) is 1.11. The number of hydrogen-bond donors (Lipinski definition) is 0. The van der Waals surface area contributed by atoms with Crippen molar-refractivity contribution in [3.8, 4) is 11.5 Å². The molecule has 2 rings (SSSR count). The van der Waals surface area contributed by atoms with E-state index in [1.54, 1.807) is 26.0 Å². The Morgan fingerprint density at radius 1 is 0.909 bits per heavy atom. The largest absolute Gasteiger partial charge is 0.489 e. The molecule has 0 saturated carbocycles. The molecule has 116 valence electrons. The maximum absolute atomic E-state index is 11.4. The zero-order valence-corrected chi connectivity index (χ0v) is 12.8. The summed E-state index contributed by atoms with van der Waals surface area (Å²) in [5, 5.41) is 0. The van der Waals surface area contributed by atoms with Crippen LogP contribution in [0.3, 0.4) is 0 Å². The third kappa shape index (κ3) is 5.48. The second-order valence-corrected chi connectivity index (χ2v) is 5.07. The first-order valence-corrected chi connectivity index (χ1v) is 7.22. The van der Waals surface area contributed by atoms with Crippen LogP contribution in [0.5, 0.6) is 11.5 Å². The summed E-state index contributed by atoms with van der Waals surface area (Å²) in [4.78, 5) is 11.4. The van der Waals surface area contributed by atoms with E-state index in [1.807, 2.05) is 42.5 Å². The average Bonchev–Trinajstić information content (AvgIpc) is 2.52. The number of benzene rings is 2. The Hall–Kier alpha value is -2.49. The summed E-state index contributed by atoms with van der Waals surface area (Å²) in [6.07, 6.45) is -0.134. The van der Waals surface area contributed by atoms with Crippen LogP contribution >= 0.6 is 0 Å². The van der Waals surface area contributed by atoms with E-state index in [0.29, 0.717) is 12.4 Å². The number of carbonyl (C=O) groups is 1. The van der Waals surface area contributed by atoms with Crippen LogP contribution in [-0.2, 0) is 16.1 Å². The number of ether oxygens (including phenoxy) is 3. The van der Waals surface area contributed by atoms with E-state index < -0.39 is 0 Å². The predicted molar refractivity (Wildman–Crippen MR) is 83.9 cm³/mol. The topological polar surface area (TPSA) is 44.8 Å². The van der Waals surface area contributed by atoms with Crippen LogP contribution in [0.2, 0.25) is 0 Å². The number of esters is 1. The van der Waals surface area contributed by atoms with Gasteiger partial charge < -0.3 is 14.2 Å². The molecule has 4 nitrogen and oxygen atoms in total. The maximum Gasteiger partial charge on any atom is 0.344 e. The van der Waals surface area contributed by atoms with Crippen molar-refractivity contribution in [1.29, 1.82) is 0 Å². The van der Waals surface area contributed by atoms with E-state index in [-0.39, 0.29) is 18.7 Å². The highest BCUT2D eigenvalue weighted by molar-refractivity contribution is 5.71. The Balaban J connectivity index is 1.79. The lowest BCUT2D eigenvalue weighted by Gasteiger charge is -2.10. The van der Waals surface area contributed by atoms with Gasteiger partial charge in [-0.05, 0) is 43.7 Å². The summed E-state index contributed by atoms with van der Waals surface area (Å²) in [6.45, 7) is 4.03. The van der Waals surface area contributed by atoms with Crippen molar-refractivity contribution in [3.63, 3.8) is 0 Å². The van der Waals surface area contributed by atoms with Crippen molar-refractivity contribution in [2.24, 2.45) is 0 Å². The molecular formula is C18H20O4. The average molecular weight is 300 g/mol. The van der Waals surface area contributed by atoms with Gasteiger partial charge in [-0.15, -0.1) is 0 Å². The maximum atomic E-state index is 11.4. The van der Waals surface area contributed by atoms with E-state index in [0.717, 1.165) is 11.3 Å². The van der Waals surface area contributed by atoms with E-state index >= 15 is 0 Å². The van der Waals surface area contributed by atoms with Gasteiger partial charge in [-0.25, -0.2) is 4.79 Å². The molecule has 0 fully saturated rings. The first kappa shape index (κ1) is 15.9. The normalized spacial score (nSPS) is 10.3. The summed E-state index contributed by atoms with van der Waals surface area (Å²) in [7, 11) is 0. The fourth-order valence-electron chi connectivity index (χ4n) is 1.81. The van der Waals surface area contributed by atoms with Crippen molar-refractivity contribution in [3.05, 3.63) is 60.2 Å². The molecular weight excluding hydrogens is 280 g/mol. The van der Waals surface area contributed by atoms with Crippen LogP contribution in [0.25, 0.3) is 0 Å². The molecule has 0 heterocycles. The Bertz CT molecular complexity index is 576. The third-order valence-electron chi connectivity index (χ3n) is 2.80. The Morgan fingerprint density at radius 3 is 2.09 bits per heavy atom. The van der Waals surface area contributed by atoms with Crippen molar-refractivity contribution in [1.82, 2.24) is 0 Å². The van der Waals surface area contributed by atoms with E-state index in [2.05, 4.69) is 0 Å². The predicted octanol–water partition coefficient (Wildman–Crippen LogP) is 3.60. The van der Waals surface area contributed by atoms with Crippen LogP contribution in [-0.4, -0.2) is 18.7 Å². The third-order valence-corrected chi connectivity index (χ3v) is 2.80. The molecule has 0 bridgehead atoms. The minimum atomic E-state index is -0.376. The lowest BCUT2D eigenvalue weighted by molar-refractivity contribution is -0.149. The van der Waals surface area contributed by atoms with Gasteiger partial charge in [0.1, 0.15) is 18.1 Å². The molecule has 0 aliphatic heterocycles. The van der Waals surface area contributed by atoms with Gasteiger partial charge in [-0.2, -0.15) is 0 Å². The molecule has 0 unspecified atom stereocenters. The van der Waals surface area contributed by atoms with Crippen molar-refractivity contribution in [2.75, 3.05) is 6.61 Å². The number of hydrogen-bond acceptors (Lipinski definition) is 4. The van der Waals surface area contributed by atoms with Gasteiger partial charge in [0.05, 0.1) is 6.10 Å². The fraction of sp³-hybridized carbons (Fsp3) is 0.278. The Morgan fingerprint density at radius 2 is 1.50 bits per heavy atom. The second-order valence-electron chi connectivity index (χ2n) is 5.07. The molecule has 0 aromatic heterocycles. The van der Waals surface area contributed by atoms with Crippen molar-refractivity contribution >= 4 is 5.97 Å². The van der Waals surface area contributed by atoms with Crippen LogP contribution in [0.1, 0.15) is 19.4 Å². The van der Waals surface area contributed by atoms with Crippen LogP contribution in [0.4, 0.5) is 0 Å². The molecule has 0 amide bonds. The van der Waals surface area contributed by atoms with Gasteiger partial charge in [-0.3, -0.25) is 0 Å². The molecule has 0 N–H and O–H groups in total. The fourth-order valence-corrected chi connectivity index (χ4v) is 1.81. The van der Waals surface area contributed by atoms with Gasteiger partial charge in [0.15, 0.2) is 6.61 Å². The van der Waals surface area contributed by atoms with Crippen LogP contribution in [0.15, 0.2) is 54.6 Å². The molecule has 0 radical (unpaired) electrons. The van der Waals surface area contributed by atoms with Gasteiger partial charge in [0.2, 0.25) is 0 Å². The summed E-state index contributed by atoms with van der Waals surface area (Å²) in [5.74, 6) is 0.980. The molecule has 0 atom stereocenters. The molecule has 0 aliphatic carbocycles. The van der Waals surface area contributed by atoms with Crippen molar-refractivity contribution < 1.29 is 19.0 Å². The van der Waals surface area contributed by atoms with E-state index in [1.165, 1.54) is 0 Å². The molecule has 0 aliphatic rings. The highest BCUT2D eigenvalue weighted by Gasteiger charge is 2.06. The van der Waals surface area contributed by atoms with E-state index in [9.17, 15) is 4.79 Å². The zero-order chi connectivity index (χ0) is 15.8. The van der Waals surface area contributed by atoms with Crippen LogP contribution < -0.4 is 9.47 Å². The van der Waals surface area contributed by atoms with Gasteiger partial charge >= 0.3 is 5.97 Å². The standard InChI is InChI=1S/C18H20O4/c1-14(2)22-18(19)13-21-17-10-8-16(9-11-17)20-12-15-6-4-3-5-7-15/h3-11,14H,12-13H2,1-2H3. The van der Waals surface area contributed by atoms with E-state index in [4.69, 9.17) is 14.2 Å². The molecule has 0 spiro atoms. The molecule has 4 heteroatoms. The summed E-state index contributed by atoms with van der Waals surface area (Å²) in [6, 6.07) is 17.1. The van der Waals surface area contributed by atoms with Gasteiger partial charge in [0.25, 0.3) is 0 Å². The summed E-state index contributed by atoms with van der Waals surface area (Å²) >= 11 is 0. The number of carbonyl (C=O) groups excluding carboxylic acids is 1. The van der Waals surface area contributed by atoms with Gasteiger partial charge in [-0.1, -0.05) is 30.3 Å². The Labute approximate surface area is 130 Å². The lowest BCUT2D eigenvalue weighted by atomic mass is 10.2. The van der Waals surface area contributed by atoms with Crippen LogP contribution in [0, 0.1) is 0 Å². The second kappa shape index (κ2) is 8.08. The highest BCUT2D eigenvalue weighted by atomic mass is 16.6. The first-order valence-electron chi connectivity index (χ1n) is 7.22. The SMILES string of the molecule is CC(C)OC(=O)COc1ccc(OCc2ccccc2)cc1. The minimum Gasteiger partial charge on any atom is -0.489 e. The molecule has 0 saturated heterocycles. The zero-order valence-electron chi connectivity index (χ0n) is 12.8. The smallest absolute Gasteiger partial charge is 0.344 e.